The van der Waals surface area contributed by atoms with E-state index in [1.165, 1.54) is 64.2 Å². The Hall–Kier alpha value is -0.940. The van der Waals surface area contributed by atoms with Crippen molar-refractivity contribution in [1.29, 1.82) is 0 Å². The molecule has 2 saturated heterocycles. The van der Waals surface area contributed by atoms with Gasteiger partial charge < -0.3 is 19.9 Å². The van der Waals surface area contributed by atoms with E-state index in [2.05, 4.69) is 35.6 Å². The molecule has 2 fully saturated rings. The van der Waals surface area contributed by atoms with E-state index in [1.54, 1.807) is 9.80 Å². The summed E-state index contributed by atoms with van der Waals surface area (Å²) in [5, 5.41) is 2.61. The van der Waals surface area contributed by atoms with Crippen molar-refractivity contribution in [2.45, 2.75) is 25.4 Å². The Morgan fingerprint density at radius 1 is 0.955 bits per heavy atom. The first kappa shape index (κ1) is 15.9. The normalized spacial score (nSPS) is 26.9. The highest BCUT2D eigenvalue weighted by atomic mass is 16.5. The molecule has 0 atom stereocenters. The van der Waals surface area contributed by atoms with Crippen LogP contribution in [0.25, 0.3) is 0 Å². The zero-order chi connectivity index (χ0) is 15.0. The molecule has 3 rings (SSSR count). The molecule has 0 radical (unpaired) electrons. The average Bonchev–Trinajstić information content (AvgIpc) is 2.58. The quantitative estimate of drug-likeness (QED) is 0.544. The molecule has 4 N–H and O–H groups in total. The molecule has 122 valence electrons. The first-order valence-electron chi connectivity index (χ1n) is 9.02. The fourth-order valence-electron chi connectivity index (χ4n) is 3.78. The number of ether oxygens (including phenoxy) is 1. The number of piperidine rings is 1. The number of likely N-dealkylation sites (tertiary alicyclic amines) is 1. The van der Waals surface area contributed by atoms with Crippen LogP contribution in [0.3, 0.4) is 0 Å². The van der Waals surface area contributed by atoms with E-state index < -0.39 is 0 Å². The van der Waals surface area contributed by atoms with Crippen molar-refractivity contribution in [3.05, 3.63) is 35.9 Å². The third-order valence-corrected chi connectivity index (χ3v) is 5.23. The number of hydrogen-bond acceptors (Lipinski definition) is 1. The maximum absolute atomic E-state index is 5.42. The van der Waals surface area contributed by atoms with Gasteiger partial charge in [-0.15, -0.1) is 0 Å². The highest BCUT2D eigenvalue weighted by Gasteiger charge is 2.24. The van der Waals surface area contributed by atoms with Crippen LogP contribution in [-0.2, 0) is 11.3 Å². The molecular weight excluding hydrogens is 274 g/mol. The van der Waals surface area contributed by atoms with Crippen molar-refractivity contribution in [3.8, 4) is 0 Å². The lowest BCUT2D eigenvalue weighted by Crippen LogP contribution is -3.17. The summed E-state index contributed by atoms with van der Waals surface area (Å²) in [7, 11) is 0. The van der Waals surface area contributed by atoms with Crippen LogP contribution in [-0.4, -0.2) is 58.5 Å². The first-order chi connectivity index (χ1) is 10.9. The molecule has 4 heteroatoms. The third kappa shape index (κ3) is 5.06. The highest BCUT2D eigenvalue weighted by molar-refractivity contribution is 5.13. The van der Waals surface area contributed by atoms with E-state index in [4.69, 9.17) is 4.74 Å². The SMILES string of the molecule is c1ccc(C[NH+]2CCC([NH2+]CC[NH+]3CCOCC3)CC2)cc1. The largest absolute Gasteiger partial charge is 0.370 e. The summed E-state index contributed by atoms with van der Waals surface area (Å²) in [4.78, 5) is 3.49. The summed E-state index contributed by atoms with van der Waals surface area (Å²) in [6.45, 7) is 10.8. The number of morpholine rings is 1. The lowest BCUT2D eigenvalue weighted by molar-refractivity contribution is -0.934. The van der Waals surface area contributed by atoms with Crippen LogP contribution in [0.4, 0.5) is 0 Å². The molecule has 2 aliphatic rings. The van der Waals surface area contributed by atoms with Gasteiger partial charge in [0.25, 0.3) is 0 Å². The Labute approximate surface area is 134 Å². The lowest BCUT2D eigenvalue weighted by atomic mass is 10.0. The molecule has 0 saturated carbocycles. The number of benzene rings is 1. The summed E-state index contributed by atoms with van der Waals surface area (Å²) >= 11 is 0. The fourth-order valence-corrected chi connectivity index (χ4v) is 3.78. The molecule has 2 aliphatic heterocycles. The van der Waals surface area contributed by atoms with Gasteiger partial charge in [0.05, 0.1) is 32.3 Å². The smallest absolute Gasteiger partial charge is 0.127 e. The van der Waals surface area contributed by atoms with Crippen molar-refractivity contribution < 1.29 is 19.9 Å². The minimum Gasteiger partial charge on any atom is -0.370 e. The zero-order valence-electron chi connectivity index (χ0n) is 13.7. The molecule has 1 aromatic rings. The second-order valence-electron chi connectivity index (χ2n) is 6.89. The Morgan fingerprint density at radius 3 is 2.41 bits per heavy atom. The Bertz CT molecular complexity index is 412. The number of quaternary nitrogens is 3. The standard InChI is InChI=1S/C18H29N3O/c1-2-4-17(5-3-1)16-21-9-6-18(7-10-21)19-8-11-20-12-14-22-15-13-20/h1-5,18-19H,6-16H2/p+3. The van der Waals surface area contributed by atoms with E-state index >= 15 is 0 Å². The fraction of sp³-hybridized carbons (Fsp3) is 0.667. The summed E-state index contributed by atoms with van der Waals surface area (Å²) in [6, 6.07) is 11.8. The van der Waals surface area contributed by atoms with Crippen LogP contribution >= 0.6 is 0 Å². The average molecular weight is 306 g/mol. The van der Waals surface area contributed by atoms with Crippen LogP contribution in [0.5, 0.6) is 0 Å². The Morgan fingerprint density at radius 2 is 1.68 bits per heavy atom. The molecular formula is C18H32N3O+3. The van der Waals surface area contributed by atoms with Gasteiger partial charge in [-0.3, -0.25) is 0 Å². The summed E-state index contributed by atoms with van der Waals surface area (Å²) in [5.74, 6) is 0. The van der Waals surface area contributed by atoms with E-state index in [0.29, 0.717) is 0 Å². The molecule has 0 bridgehead atoms. The van der Waals surface area contributed by atoms with E-state index in [-0.39, 0.29) is 0 Å². The molecule has 0 aromatic heterocycles. The second kappa shape index (κ2) is 8.63. The maximum Gasteiger partial charge on any atom is 0.127 e. The van der Waals surface area contributed by atoms with Gasteiger partial charge in [0.2, 0.25) is 0 Å². The van der Waals surface area contributed by atoms with E-state index in [0.717, 1.165) is 19.3 Å². The molecule has 0 aliphatic carbocycles. The predicted octanol–water partition coefficient (Wildman–Crippen LogP) is -2.29. The predicted molar refractivity (Wildman–Crippen MR) is 87.0 cm³/mol. The number of hydrogen-bond donors (Lipinski definition) is 3. The maximum atomic E-state index is 5.42. The number of rotatable bonds is 6. The van der Waals surface area contributed by atoms with Gasteiger partial charge in [0, 0.05) is 18.4 Å². The van der Waals surface area contributed by atoms with Gasteiger partial charge in [-0.1, -0.05) is 30.3 Å². The van der Waals surface area contributed by atoms with Gasteiger partial charge in [0.1, 0.15) is 32.7 Å². The minimum absolute atomic E-state index is 0.861. The number of nitrogens with two attached hydrogens (primary N) is 1. The third-order valence-electron chi connectivity index (χ3n) is 5.23. The molecule has 2 heterocycles. The van der Waals surface area contributed by atoms with Crippen molar-refractivity contribution in [2.75, 3.05) is 52.5 Å². The van der Waals surface area contributed by atoms with Crippen molar-refractivity contribution in [1.82, 2.24) is 0 Å². The van der Waals surface area contributed by atoms with Crippen molar-refractivity contribution in [2.24, 2.45) is 0 Å². The monoisotopic (exact) mass is 306 g/mol. The Balaban J connectivity index is 1.30. The number of nitrogens with one attached hydrogen (secondary N) is 2. The molecule has 1 aromatic carbocycles. The van der Waals surface area contributed by atoms with E-state index in [1.807, 2.05) is 0 Å². The van der Waals surface area contributed by atoms with Crippen LogP contribution < -0.4 is 15.1 Å². The van der Waals surface area contributed by atoms with Gasteiger partial charge in [0.15, 0.2) is 0 Å². The molecule has 0 spiro atoms. The van der Waals surface area contributed by atoms with Crippen LogP contribution in [0.2, 0.25) is 0 Å². The summed E-state index contributed by atoms with van der Waals surface area (Å²) < 4.78 is 5.42. The molecule has 4 nitrogen and oxygen atoms in total. The molecule has 0 unspecified atom stereocenters. The summed E-state index contributed by atoms with van der Waals surface area (Å²) in [5.41, 5.74) is 1.48. The molecule has 0 amide bonds. The van der Waals surface area contributed by atoms with Gasteiger partial charge in [-0.2, -0.15) is 0 Å². The topological polar surface area (TPSA) is 34.7 Å². The summed E-state index contributed by atoms with van der Waals surface area (Å²) in [6.07, 6.45) is 2.75. The minimum atomic E-state index is 0.861. The van der Waals surface area contributed by atoms with Gasteiger partial charge in [-0.05, 0) is 0 Å². The second-order valence-corrected chi connectivity index (χ2v) is 6.89. The van der Waals surface area contributed by atoms with Gasteiger partial charge in [-0.25, -0.2) is 0 Å². The van der Waals surface area contributed by atoms with Crippen molar-refractivity contribution >= 4 is 0 Å². The van der Waals surface area contributed by atoms with Crippen LogP contribution in [0, 0.1) is 0 Å². The molecule has 22 heavy (non-hydrogen) atoms. The first-order valence-corrected chi connectivity index (χ1v) is 9.02. The zero-order valence-corrected chi connectivity index (χ0v) is 13.7. The Kier molecular flexibility index (Phi) is 6.25. The lowest BCUT2D eigenvalue weighted by Gasteiger charge is -2.29. The highest BCUT2D eigenvalue weighted by Crippen LogP contribution is 1.98. The van der Waals surface area contributed by atoms with E-state index in [9.17, 15) is 0 Å². The van der Waals surface area contributed by atoms with Crippen LogP contribution in [0.1, 0.15) is 18.4 Å². The van der Waals surface area contributed by atoms with Gasteiger partial charge >= 0.3 is 0 Å². The van der Waals surface area contributed by atoms with Crippen molar-refractivity contribution in [3.63, 3.8) is 0 Å². The van der Waals surface area contributed by atoms with Crippen LogP contribution in [0.15, 0.2) is 30.3 Å².